The van der Waals surface area contributed by atoms with Crippen LogP contribution in [-0.4, -0.2) is 21.8 Å². The zero-order chi connectivity index (χ0) is 16.7. The Hall–Kier alpha value is -2.82. The molecule has 0 saturated heterocycles. The van der Waals surface area contributed by atoms with Gasteiger partial charge in [0, 0.05) is 11.6 Å². The lowest BCUT2D eigenvalue weighted by Gasteiger charge is -2.18. The molecule has 4 rings (SSSR count). The number of hydrogen-bond donors (Lipinski definition) is 0. The van der Waals surface area contributed by atoms with Crippen molar-refractivity contribution in [2.75, 3.05) is 6.79 Å². The highest BCUT2D eigenvalue weighted by molar-refractivity contribution is 5.59. The SMILES string of the molecule is CC(C)(C)c1ccc(-c2cn(-c3ccc4c(c3)OCO4)nn2)cc1. The maximum absolute atomic E-state index is 5.41. The van der Waals surface area contributed by atoms with Crippen LogP contribution in [0.4, 0.5) is 0 Å². The van der Waals surface area contributed by atoms with E-state index in [1.807, 2.05) is 24.4 Å². The average molecular weight is 321 g/mol. The second-order valence-corrected chi connectivity index (χ2v) is 6.91. The molecule has 0 radical (unpaired) electrons. The van der Waals surface area contributed by atoms with Crippen LogP contribution in [0.3, 0.4) is 0 Å². The lowest BCUT2D eigenvalue weighted by atomic mass is 9.86. The van der Waals surface area contributed by atoms with Crippen LogP contribution < -0.4 is 9.47 Å². The number of ether oxygens (including phenoxy) is 2. The Bertz CT molecular complexity index is 876. The number of benzene rings is 2. The van der Waals surface area contributed by atoms with E-state index in [1.54, 1.807) is 4.68 Å². The van der Waals surface area contributed by atoms with Gasteiger partial charge in [0.25, 0.3) is 0 Å². The summed E-state index contributed by atoms with van der Waals surface area (Å²) in [5.74, 6) is 1.50. The Morgan fingerprint density at radius 1 is 0.958 bits per heavy atom. The molecule has 2 aromatic carbocycles. The largest absolute Gasteiger partial charge is 0.454 e. The van der Waals surface area contributed by atoms with Gasteiger partial charge in [0.2, 0.25) is 6.79 Å². The molecule has 0 N–H and O–H groups in total. The zero-order valence-electron chi connectivity index (χ0n) is 14.0. The van der Waals surface area contributed by atoms with Crippen molar-refractivity contribution >= 4 is 0 Å². The van der Waals surface area contributed by atoms with Gasteiger partial charge in [-0.3, -0.25) is 0 Å². The van der Waals surface area contributed by atoms with Gasteiger partial charge in [-0.2, -0.15) is 0 Å². The summed E-state index contributed by atoms with van der Waals surface area (Å²) in [5, 5.41) is 8.52. The summed E-state index contributed by atoms with van der Waals surface area (Å²) < 4.78 is 12.5. The minimum Gasteiger partial charge on any atom is -0.454 e. The molecule has 0 unspecified atom stereocenters. The van der Waals surface area contributed by atoms with Crippen LogP contribution in [0.2, 0.25) is 0 Å². The van der Waals surface area contributed by atoms with Crippen molar-refractivity contribution in [3.63, 3.8) is 0 Å². The van der Waals surface area contributed by atoms with Crippen LogP contribution >= 0.6 is 0 Å². The van der Waals surface area contributed by atoms with Crippen molar-refractivity contribution in [1.29, 1.82) is 0 Å². The fourth-order valence-electron chi connectivity index (χ4n) is 2.69. The second-order valence-electron chi connectivity index (χ2n) is 6.91. The molecule has 1 aromatic heterocycles. The van der Waals surface area contributed by atoms with E-state index in [4.69, 9.17) is 9.47 Å². The Morgan fingerprint density at radius 2 is 1.71 bits per heavy atom. The molecular weight excluding hydrogens is 302 g/mol. The summed E-state index contributed by atoms with van der Waals surface area (Å²) in [5.41, 5.74) is 4.23. The normalized spacial score (nSPS) is 13.3. The lowest BCUT2D eigenvalue weighted by molar-refractivity contribution is 0.174. The van der Waals surface area contributed by atoms with Gasteiger partial charge in [0.05, 0.1) is 11.9 Å². The molecular formula is C19H19N3O2. The quantitative estimate of drug-likeness (QED) is 0.717. The van der Waals surface area contributed by atoms with Crippen molar-refractivity contribution in [1.82, 2.24) is 15.0 Å². The zero-order valence-corrected chi connectivity index (χ0v) is 14.0. The van der Waals surface area contributed by atoms with Gasteiger partial charge in [-0.05, 0) is 23.1 Å². The van der Waals surface area contributed by atoms with Crippen molar-refractivity contribution in [3.05, 3.63) is 54.2 Å². The fourth-order valence-corrected chi connectivity index (χ4v) is 2.69. The number of hydrogen-bond acceptors (Lipinski definition) is 4. The van der Waals surface area contributed by atoms with Crippen LogP contribution in [0.25, 0.3) is 16.9 Å². The first-order valence-electron chi connectivity index (χ1n) is 7.94. The molecule has 1 aliphatic heterocycles. The van der Waals surface area contributed by atoms with E-state index in [2.05, 4.69) is 55.3 Å². The van der Waals surface area contributed by atoms with Crippen LogP contribution in [0.15, 0.2) is 48.7 Å². The van der Waals surface area contributed by atoms with Crippen LogP contribution in [0.5, 0.6) is 11.5 Å². The van der Waals surface area contributed by atoms with Crippen molar-refractivity contribution in [2.24, 2.45) is 0 Å². The Balaban J connectivity index is 1.63. The van der Waals surface area contributed by atoms with E-state index < -0.39 is 0 Å². The third-order valence-corrected chi connectivity index (χ3v) is 4.16. The third-order valence-electron chi connectivity index (χ3n) is 4.16. The molecule has 0 amide bonds. The van der Waals surface area contributed by atoms with Crippen LogP contribution in [-0.2, 0) is 5.41 Å². The smallest absolute Gasteiger partial charge is 0.231 e. The highest BCUT2D eigenvalue weighted by atomic mass is 16.7. The molecule has 0 aliphatic carbocycles. The molecule has 2 heterocycles. The highest BCUT2D eigenvalue weighted by Gasteiger charge is 2.16. The minimum atomic E-state index is 0.141. The van der Waals surface area contributed by atoms with Gasteiger partial charge in [-0.15, -0.1) is 5.10 Å². The summed E-state index contributed by atoms with van der Waals surface area (Å²) in [4.78, 5) is 0. The van der Waals surface area contributed by atoms with Crippen LogP contribution in [0, 0.1) is 0 Å². The number of aromatic nitrogens is 3. The highest BCUT2D eigenvalue weighted by Crippen LogP contribution is 2.33. The van der Waals surface area contributed by atoms with Gasteiger partial charge in [0.1, 0.15) is 5.69 Å². The predicted octanol–water partition coefficient (Wildman–Crippen LogP) is 3.96. The number of rotatable bonds is 2. The van der Waals surface area contributed by atoms with Crippen LogP contribution in [0.1, 0.15) is 26.3 Å². The molecule has 0 atom stereocenters. The molecule has 1 aliphatic rings. The van der Waals surface area contributed by atoms with Crippen molar-refractivity contribution < 1.29 is 9.47 Å². The maximum Gasteiger partial charge on any atom is 0.231 e. The molecule has 5 heteroatoms. The molecule has 0 saturated carbocycles. The summed E-state index contributed by atoms with van der Waals surface area (Å²) in [6.45, 7) is 6.88. The standard InChI is InChI=1S/C19H19N3O2/c1-19(2,3)14-6-4-13(5-7-14)16-11-22(21-20-16)15-8-9-17-18(10-15)24-12-23-17/h4-11H,12H2,1-3H3. The monoisotopic (exact) mass is 321 g/mol. The second kappa shape index (κ2) is 5.37. The third kappa shape index (κ3) is 2.62. The summed E-state index contributed by atoms with van der Waals surface area (Å²) >= 11 is 0. The summed E-state index contributed by atoms with van der Waals surface area (Å²) in [7, 11) is 0. The molecule has 5 nitrogen and oxygen atoms in total. The number of nitrogens with zero attached hydrogens (tertiary/aromatic N) is 3. The molecule has 3 aromatic rings. The first-order valence-corrected chi connectivity index (χ1v) is 7.94. The summed E-state index contributed by atoms with van der Waals surface area (Å²) in [6, 6.07) is 14.2. The molecule has 24 heavy (non-hydrogen) atoms. The molecule has 0 spiro atoms. The molecule has 0 bridgehead atoms. The predicted molar refractivity (Wildman–Crippen MR) is 91.6 cm³/mol. The Kier molecular flexibility index (Phi) is 3.30. The minimum absolute atomic E-state index is 0.141. The Labute approximate surface area is 140 Å². The van der Waals surface area contributed by atoms with E-state index in [9.17, 15) is 0 Å². The van der Waals surface area contributed by atoms with E-state index in [-0.39, 0.29) is 12.2 Å². The topological polar surface area (TPSA) is 49.2 Å². The van der Waals surface area contributed by atoms with Gasteiger partial charge in [0.15, 0.2) is 11.5 Å². The maximum atomic E-state index is 5.41. The van der Waals surface area contributed by atoms with E-state index in [1.165, 1.54) is 5.56 Å². The lowest BCUT2D eigenvalue weighted by Crippen LogP contribution is -2.10. The van der Waals surface area contributed by atoms with Crippen molar-refractivity contribution in [3.8, 4) is 28.4 Å². The van der Waals surface area contributed by atoms with Gasteiger partial charge < -0.3 is 9.47 Å². The molecule has 0 fully saturated rings. The molecule has 122 valence electrons. The van der Waals surface area contributed by atoms with Crippen molar-refractivity contribution in [2.45, 2.75) is 26.2 Å². The van der Waals surface area contributed by atoms with Gasteiger partial charge in [-0.1, -0.05) is 50.3 Å². The fraction of sp³-hybridized carbons (Fsp3) is 0.263. The summed E-state index contributed by atoms with van der Waals surface area (Å²) in [6.07, 6.45) is 1.92. The van der Waals surface area contributed by atoms with E-state index in [0.717, 1.165) is 28.4 Å². The Morgan fingerprint density at radius 3 is 2.46 bits per heavy atom. The first kappa shape index (κ1) is 14.8. The van der Waals surface area contributed by atoms with E-state index in [0.29, 0.717) is 0 Å². The van der Waals surface area contributed by atoms with Gasteiger partial charge >= 0.3 is 0 Å². The average Bonchev–Trinajstić information content (AvgIpc) is 3.22. The first-order chi connectivity index (χ1) is 11.5. The number of fused-ring (bicyclic) bond motifs is 1. The van der Waals surface area contributed by atoms with Gasteiger partial charge in [-0.25, -0.2) is 4.68 Å². The van der Waals surface area contributed by atoms with E-state index >= 15 is 0 Å².